The zero-order valence-corrected chi connectivity index (χ0v) is 15.3. The molecule has 0 atom stereocenters. The number of Topliss-reactive ketones (excluding diaryl/α,β-unsaturated/α-hetero) is 1. The van der Waals surface area contributed by atoms with Gasteiger partial charge in [0.1, 0.15) is 0 Å². The second-order valence-corrected chi connectivity index (χ2v) is 8.21. The zero-order chi connectivity index (χ0) is 18.3. The number of fused-ring (bicyclic) bond motifs is 1. The van der Waals surface area contributed by atoms with Crippen molar-refractivity contribution in [3.05, 3.63) is 59.1 Å². The maximum atomic E-state index is 12.5. The van der Waals surface area contributed by atoms with Crippen LogP contribution in [0.15, 0.2) is 43.0 Å². The molecular formula is C19H18N4O2S. The molecule has 1 aliphatic rings. The SMILES string of the molecule is CC1(C)CC(=O)c2sc(NC(=O)c3ccc(-n4ccnc4)cc3)nc2C1. The predicted molar refractivity (Wildman–Crippen MR) is 100 cm³/mol. The number of hydrogen-bond donors (Lipinski definition) is 1. The number of amides is 1. The molecule has 7 heteroatoms. The van der Waals surface area contributed by atoms with Gasteiger partial charge in [-0.15, -0.1) is 0 Å². The fraction of sp³-hybridized carbons (Fsp3) is 0.263. The molecule has 0 bridgehead atoms. The van der Waals surface area contributed by atoms with Crippen molar-refractivity contribution in [3.8, 4) is 5.69 Å². The molecule has 132 valence electrons. The zero-order valence-electron chi connectivity index (χ0n) is 14.5. The molecule has 0 fully saturated rings. The Hall–Kier alpha value is -2.80. The summed E-state index contributed by atoms with van der Waals surface area (Å²) in [5.41, 5.74) is 2.18. The number of nitrogens with zero attached hydrogens (tertiary/aromatic N) is 3. The van der Waals surface area contributed by atoms with Crippen LogP contribution in [0.1, 0.15) is 46.0 Å². The van der Waals surface area contributed by atoms with E-state index in [1.54, 1.807) is 24.7 Å². The van der Waals surface area contributed by atoms with Crippen LogP contribution in [-0.2, 0) is 6.42 Å². The number of ketones is 1. The molecule has 1 aromatic carbocycles. The minimum absolute atomic E-state index is 0.0808. The number of carbonyl (C=O) groups is 2. The number of aromatic nitrogens is 3. The fourth-order valence-electron chi connectivity index (χ4n) is 3.14. The van der Waals surface area contributed by atoms with Crippen molar-refractivity contribution < 1.29 is 9.59 Å². The average molecular weight is 366 g/mol. The predicted octanol–water partition coefficient (Wildman–Crippen LogP) is 3.74. The Morgan fingerprint density at radius 1 is 1.23 bits per heavy atom. The minimum Gasteiger partial charge on any atom is -0.306 e. The van der Waals surface area contributed by atoms with E-state index in [2.05, 4.69) is 29.1 Å². The first kappa shape index (κ1) is 16.7. The Morgan fingerprint density at radius 2 is 2.00 bits per heavy atom. The standard InChI is InChI=1S/C19H18N4O2S/c1-19(2)9-14-16(15(24)10-19)26-18(21-14)22-17(25)12-3-5-13(6-4-12)23-8-7-20-11-23/h3-8,11H,9-10H2,1-2H3,(H,21,22,25). The van der Waals surface area contributed by atoms with Crippen molar-refractivity contribution >= 4 is 28.2 Å². The summed E-state index contributed by atoms with van der Waals surface area (Å²) in [6, 6.07) is 7.23. The highest BCUT2D eigenvalue weighted by Crippen LogP contribution is 2.38. The third-order valence-electron chi connectivity index (χ3n) is 4.39. The second kappa shape index (κ2) is 6.17. The van der Waals surface area contributed by atoms with Crippen LogP contribution in [0.3, 0.4) is 0 Å². The Kier molecular flexibility index (Phi) is 3.96. The fourth-order valence-corrected chi connectivity index (χ4v) is 4.05. The summed E-state index contributed by atoms with van der Waals surface area (Å²) in [5.74, 6) is -0.126. The van der Waals surface area contributed by atoms with Crippen LogP contribution in [0.25, 0.3) is 5.69 Å². The maximum Gasteiger partial charge on any atom is 0.257 e. The molecule has 0 saturated carbocycles. The number of nitrogens with one attached hydrogen (secondary N) is 1. The molecule has 6 nitrogen and oxygen atoms in total. The molecular weight excluding hydrogens is 348 g/mol. The van der Waals surface area contributed by atoms with Crippen molar-refractivity contribution in [2.24, 2.45) is 5.41 Å². The number of anilines is 1. The van der Waals surface area contributed by atoms with Gasteiger partial charge in [0, 0.05) is 30.1 Å². The summed E-state index contributed by atoms with van der Waals surface area (Å²) < 4.78 is 1.87. The lowest BCUT2D eigenvalue weighted by molar-refractivity contribution is 0.0915. The van der Waals surface area contributed by atoms with E-state index >= 15 is 0 Å². The summed E-state index contributed by atoms with van der Waals surface area (Å²) in [6.45, 7) is 4.13. The topological polar surface area (TPSA) is 76.9 Å². The van der Waals surface area contributed by atoms with E-state index in [9.17, 15) is 9.59 Å². The highest BCUT2D eigenvalue weighted by molar-refractivity contribution is 7.17. The molecule has 0 spiro atoms. The van der Waals surface area contributed by atoms with Gasteiger partial charge in [0.2, 0.25) is 0 Å². The third kappa shape index (κ3) is 3.17. The summed E-state index contributed by atoms with van der Waals surface area (Å²) in [4.78, 5) is 33.9. The van der Waals surface area contributed by atoms with Crippen LogP contribution in [-0.4, -0.2) is 26.2 Å². The van der Waals surface area contributed by atoms with Gasteiger partial charge in [-0.05, 0) is 36.1 Å². The van der Waals surface area contributed by atoms with Gasteiger partial charge in [-0.25, -0.2) is 9.97 Å². The number of thiazole rings is 1. The molecule has 26 heavy (non-hydrogen) atoms. The van der Waals surface area contributed by atoms with Gasteiger partial charge in [0.25, 0.3) is 5.91 Å². The number of imidazole rings is 1. The van der Waals surface area contributed by atoms with Crippen LogP contribution >= 0.6 is 11.3 Å². The van der Waals surface area contributed by atoms with Gasteiger partial charge in [-0.3, -0.25) is 14.9 Å². The van der Waals surface area contributed by atoms with Crippen LogP contribution in [0, 0.1) is 5.41 Å². The molecule has 1 N–H and O–H groups in total. The Morgan fingerprint density at radius 3 is 2.69 bits per heavy atom. The average Bonchev–Trinajstić information content (AvgIpc) is 3.23. The summed E-state index contributed by atoms with van der Waals surface area (Å²) in [6.07, 6.45) is 6.51. The Bertz CT molecular complexity index is 972. The number of benzene rings is 1. The summed E-state index contributed by atoms with van der Waals surface area (Å²) in [7, 11) is 0. The van der Waals surface area contributed by atoms with Crippen molar-refractivity contribution in [1.29, 1.82) is 0 Å². The van der Waals surface area contributed by atoms with Crippen LogP contribution in [0.2, 0.25) is 0 Å². The molecule has 0 radical (unpaired) electrons. The molecule has 2 aromatic heterocycles. The van der Waals surface area contributed by atoms with Gasteiger partial charge in [-0.1, -0.05) is 25.2 Å². The quantitative estimate of drug-likeness (QED) is 0.766. The van der Waals surface area contributed by atoms with Gasteiger partial charge < -0.3 is 4.57 Å². The van der Waals surface area contributed by atoms with Gasteiger partial charge in [0.05, 0.1) is 16.9 Å². The number of rotatable bonds is 3. The largest absolute Gasteiger partial charge is 0.306 e. The van der Waals surface area contributed by atoms with E-state index in [4.69, 9.17) is 0 Å². The Balaban J connectivity index is 1.51. The summed E-state index contributed by atoms with van der Waals surface area (Å²) in [5, 5.41) is 3.29. The van der Waals surface area contributed by atoms with Gasteiger partial charge in [-0.2, -0.15) is 0 Å². The van der Waals surface area contributed by atoms with Gasteiger partial charge >= 0.3 is 0 Å². The molecule has 2 heterocycles. The highest BCUT2D eigenvalue weighted by Gasteiger charge is 2.34. The van der Waals surface area contributed by atoms with E-state index < -0.39 is 0 Å². The van der Waals surface area contributed by atoms with E-state index in [0.29, 0.717) is 22.0 Å². The van der Waals surface area contributed by atoms with E-state index in [1.807, 2.05) is 22.9 Å². The van der Waals surface area contributed by atoms with E-state index in [-0.39, 0.29) is 17.1 Å². The van der Waals surface area contributed by atoms with E-state index in [1.165, 1.54) is 11.3 Å². The number of hydrogen-bond acceptors (Lipinski definition) is 5. The molecule has 0 saturated heterocycles. The lowest BCUT2D eigenvalue weighted by atomic mass is 9.78. The van der Waals surface area contributed by atoms with Crippen LogP contribution in [0.5, 0.6) is 0 Å². The lowest BCUT2D eigenvalue weighted by Crippen LogP contribution is -2.26. The van der Waals surface area contributed by atoms with Gasteiger partial charge in [0.15, 0.2) is 10.9 Å². The van der Waals surface area contributed by atoms with Crippen molar-refractivity contribution in [2.75, 3.05) is 5.32 Å². The van der Waals surface area contributed by atoms with Crippen LogP contribution in [0.4, 0.5) is 5.13 Å². The Labute approximate surface area is 154 Å². The van der Waals surface area contributed by atoms with Crippen molar-refractivity contribution in [2.45, 2.75) is 26.7 Å². The molecule has 1 amide bonds. The van der Waals surface area contributed by atoms with Crippen LogP contribution < -0.4 is 5.32 Å². The molecule has 4 rings (SSSR count). The first-order chi connectivity index (χ1) is 12.4. The first-order valence-electron chi connectivity index (χ1n) is 8.34. The third-order valence-corrected chi connectivity index (χ3v) is 5.44. The minimum atomic E-state index is -0.236. The normalized spacial score (nSPS) is 15.5. The van der Waals surface area contributed by atoms with Crippen molar-refractivity contribution in [1.82, 2.24) is 14.5 Å². The maximum absolute atomic E-state index is 12.5. The van der Waals surface area contributed by atoms with Crippen molar-refractivity contribution in [3.63, 3.8) is 0 Å². The second-order valence-electron chi connectivity index (χ2n) is 7.21. The molecule has 1 aliphatic carbocycles. The lowest BCUT2D eigenvalue weighted by Gasteiger charge is -2.26. The molecule has 0 aliphatic heterocycles. The smallest absolute Gasteiger partial charge is 0.257 e. The highest BCUT2D eigenvalue weighted by atomic mass is 32.1. The summed E-state index contributed by atoms with van der Waals surface area (Å²) >= 11 is 1.26. The molecule has 3 aromatic rings. The monoisotopic (exact) mass is 366 g/mol. The molecule has 0 unspecified atom stereocenters. The first-order valence-corrected chi connectivity index (χ1v) is 9.16. The van der Waals surface area contributed by atoms with E-state index in [0.717, 1.165) is 17.8 Å². The number of carbonyl (C=O) groups excluding carboxylic acids is 2.